The summed E-state index contributed by atoms with van der Waals surface area (Å²) < 4.78 is 47.7. The number of ether oxygens (including phenoxy) is 1. The van der Waals surface area contributed by atoms with Crippen molar-refractivity contribution in [2.24, 2.45) is 0 Å². The molecule has 7 nitrogen and oxygen atoms in total. The van der Waals surface area contributed by atoms with Gasteiger partial charge in [-0.15, -0.1) is 0 Å². The van der Waals surface area contributed by atoms with Crippen LogP contribution in [0.2, 0.25) is 0 Å². The summed E-state index contributed by atoms with van der Waals surface area (Å²) in [6.45, 7) is 1.61. The molecule has 2 aromatic rings. The van der Waals surface area contributed by atoms with Crippen molar-refractivity contribution in [3.63, 3.8) is 0 Å². The minimum Gasteiger partial charge on any atom is -0.494 e. The van der Waals surface area contributed by atoms with E-state index < -0.39 is 15.8 Å². The Morgan fingerprint density at radius 1 is 1.21 bits per heavy atom. The first-order valence-corrected chi connectivity index (χ1v) is 10.6. The minimum atomic E-state index is -3.80. The van der Waals surface area contributed by atoms with E-state index >= 15 is 0 Å². The summed E-state index contributed by atoms with van der Waals surface area (Å²) in [4.78, 5) is 2.16. The Bertz CT molecular complexity index is 994. The van der Waals surface area contributed by atoms with Crippen LogP contribution in [0.15, 0.2) is 59.2 Å². The van der Waals surface area contributed by atoms with Crippen molar-refractivity contribution in [1.82, 2.24) is 20.1 Å². The van der Waals surface area contributed by atoms with E-state index in [1.54, 1.807) is 29.3 Å². The van der Waals surface area contributed by atoms with Crippen LogP contribution in [0.1, 0.15) is 5.56 Å². The summed E-state index contributed by atoms with van der Waals surface area (Å²) in [6, 6.07) is 12.7. The second-order valence-corrected chi connectivity index (χ2v) is 8.57. The molecule has 0 aliphatic carbocycles. The molecule has 156 valence electrons. The van der Waals surface area contributed by atoms with Gasteiger partial charge in [0, 0.05) is 25.2 Å². The predicted octanol–water partition coefficient (Wildman–Crippen LogP) is 1.86. The molecule has 29 heavy (non-hydrogen) atoms. The zero-order chi connectivity index (χ0) is 21.0. The number of sulfonamides is 1. The zero-order valence-corrected chi connectivity index (χ0v) is 17.5. The van der Waals surface area contributed by atoms with E-state index in [2.05, 4.69) is 10.1 Å². The van der Waals surface area contributed by atoms with E-state index in [0.29, 0.717) is 36.6 Å². The maximum atomic E-state index is 14.3. The topological polar surface area (TPSA) is 73.9 Å². The van der Waals surface area contributed by atoms with E-state index in [1.807, 2.05) is 19.0 Å². The van der Waals surface area contributed by atoms with Crippen LogP contribution in [0.4, 0.5) is 4.39 Å². The Labute approximate surface area is 170 Å². The Morgan fingerprint density at radius 2 is 1.93 bits per heavy atom. The van der Waals surface area contributed by atoms with Crippen LogP contribution in [0.3, 0.4) is 0 Å². The third-order valence-corrected chi connectivity index (χ3v) is 5.91. The lowest BCUT2D eigenvalue weighted by atomic mass is 10.1. The fourth-order valence-electron chi connectivity index (χ4n) is 2.99. The lowest BCUT2D eigenvalue weighted by molar-refractivity contribution is 0.240. The Hall–Kier alpha value is -2.62. The molecular formula is C20H25FN4O3S. The average molecular weight is 421 g/mol. The van der Waals surface area contributed by atoms with Gasteiger partial charge in [-0.2, -0.15) is 0 Å². The number of nitrogens with zero attached hydrogens (tertiary/aromatic N) is 2. The molecule has 2 N–H and O–H groups in total. The largest absolute Gasteiger partial charge is 0.494 e. The monoisotopic (exact) mass is 420 g/mol. The van der Waals surface area contributed by atoms with Gasteiger partial charge in [0.05, 0.1) is 12.0 Å². The van der Waals surface area contributed by atoms with Crippen molar-refractivity contribution in [2.75, 3.05) is 40.8 Å². The van der Waals surface area contributed by atoms with E-state index in [-0.39, 0.29) is 10.6 Å². The van der Waals surface area contributed by atoms with Gasteiger partial charge in [-0.05, 0) is 43.9 Å². The first-order chi connectivity index (χ1) is 13.8. The highest BCUT2D eigenvalue weighted by Crippen LogP contribution is 2.28. The second-order valence-electron chi connectivity index (χ2n) is 6.88. The van der Waals surface area contributed by atoms with Gasteiger partial charge in [-0.3, -0.25) is 9.73 Å². The smallest absolute Gasteiger partial charge is 0.263 e. The standard InChI is InChI=1S/C20H25FN4O3S/c1-24(2)11-12-25-20(23-29(26,27)16-7-5-4-6-8-16)17(14-22-25)15-9-10-19(28-3)18(21)13-15/h4-10,13,22-23H,11-12,14H2,1-3H3. The predicted molar refractivity (Wildman–Crippen MR) is 110 cm³/mol. The second kappa shape index (κ2) is 8.81. The van der Waals surface area contributed by atoms with Crippen LogP contribution in [0, 0.1) is 5.82 Å². The molecule has 0 saturated heterocycles. The van der Waals surface area contributed by atoms with Gasteiger partial charge >= 0.3 is 0 Å². The highest BCUT2D eigenvalue weighted by molar-refractivity contribution is 7.89. The molecule has 2 aromatic carbocycles. The molecule has 0 saturated carbocycles. The molecule has 1 aliphatic heterocycles. The lowest BCUT2D eigenvalue weighted by Gasteiger charge is -2.25. The number of rotatable bonds is 8. The van der Waals surface area contributed by atoms with Crippen molar-refractivity contribution < 1.29 is 17.5 Å². The summed E-state index contributed by atoms with van der Waals surface area (Å²) in [7, 11) is 1.47. The number of methoxy groups -OCH3 is 1. The Morgan fingerprint density at radius 3 is 2.55 bits per heavy atom. The number of likely N-dealkylation sites (N-methyl/N-ethyl adjacent to an activating group) is 1. The number of benzene rings is 2. The third kappa shape index (κ3) is 4.87. The van der Waals surface area contributed by atoms with Gasteiger partial charge in [0.1, 0.15) is 5.82 Å². The molecule has 0 amide bonds. The third-order valence-electron chi connectivity index (χ3n) is 4.56. The van der Waals surface area contributed by atoms with E-state index in [1.165, 1.54) is 31.4 Å². The number of nitrogens with one attached hydrogen (secondary N) is 2. The van der Waals surface area contributed by atoms with Crippen molar-refractivity contribution in [2.45, 2.75) is 4.90 Å². The summed E-state index contributed by atoms with van der Waals surface area (Å²) in [6.07, 6.45) is 0. The van der Waals surface area contributed by atoms with Crippen molar-refractivity contribution in [3.8, 4) is 5.75 Å². The maximum Gasteiger partial charge on any atom is 0.263 e. The minimum absolute atomic E-state index is 0.135. The number of hydrazine groups is 1. The molecule has 0 spiro atoms. The van der Waals surface area contributed by atoms with Crippen molar-refractivity contribution >= 4 is 15.6 Å². The zero-order valence-electron chi connectivity index (χ0n) is 16.6. The first-order valence-electron chi connectivity index (χ1n) is 9.12. The molecule has 0 unspecified atom stereocenters. The summed E-state index contributed by atoms with van der Waals surface area (Å²) >= 11 is 0. The van der Waals surface area contributed by atoms with Crippen LogP contribution in [0.5, 0.6) is 5.75 Å². The average Bonchev–Trinajstić information content (AvgIpc) is 3.08. The van der Waals surface area contributed by atoms with Gasteiger partial charge in [0.2, 0.25) is 0 Å². The Balaban J connectivity index is 2.00. The highest BCUT2D eigenvalue weighted by Gasteiger charge is 2.28. The van der Waals surface area contributed by atoms with Crippen LogP contribution >= 0.6 is 0 Å². The van der Waals surface area contributed by atoms with Gasteiger partial charge in [0.25, 0.3) is 10.0 Å². The Kier molecular flexibility index (Phi) is 6.41. The summed E-state index contributed by atoms with van der Waals surface area (Å²) in [5, 5.41) is 1.75. The first kappa shape index (κ1) is 21.1. The summed E-state index contributed by atoms with van der Waals surface area (Å²) in [5.41, 5.74) is 4.42. The molecule has 0 fully saturated rings. The molecule has 0 atom stereocenters. The van der Waals surface area contributed by atoms with Crippen molar-refractivity contribution in [3.05, 3.63) is 65.7 Å². The van der Waals surface area contributed by atoms with Gasteiger partial charge < -0.3 is 9.64 Å². The molecule has 1 heterocycles. The van der Waals surface area contributed by atoms with Crippen LogP contribution in [0.25, 0.3) is 5.57 Å². The van der Waals surface area contributed by atoms with Gasteiger partial charge in [-0.1, -0.05) is 24.3 Å². The molecule has 0 bridgehead atoms. The molecule has 1 aliphatic rings. The lowest BCUT2D eigenvalue weighted by Crippen LogP contribution is -2.42. The number of halogens is 1. The number of hydrogen-bond acceptors (Lipinski definition) is 6. The van der Waals surface area contributed by atoms with Crippen molar-refractivity contribution in [1.29, 1.82) is 0 Å². The SMILES string of the molecule is COc1ccc(C2=C(NS(=O)(=O)c3ccccc3)N(CCN(C)C)NC2)cc1F. The van der Waals surface area contributed by atoms with Gasteiger partial charge in [0.15, 0.2) is 11.6 Å². The van der Waals surface area contributed by atoms with Crippen LogP contribution < -0.4 is 14.9 Å². The number of hydrogen-bond donors (Lipinski definition) is 2. The molecule has 3 rings (SSSR count). The van der Waals surface area contributed by atoms with Gasteiger partial charge in [-0.25, -0.2) is 18.2 Å². The quantitative estimate of drug-likeness (QED) is 0.679. The van der Waals surface area contributed by atoms with E-state index in [0.717, 1.165) is 0 Å². The van der Waals surface area contributed by atoms with E-state index in [4.69, 9.17) is 4.74 Å². The molecular weight excluding hydrogens is 395 g/mol. The highest BCUT2D eigenvalue weighted by atomic mass is 32.2. The van der Waals surface area contributed by atoms with Crippen LogP contribution in [-0.4, -0.2) is 59.2 Å². The molecule has 9 heteroatoms. The fraction of sp³-hybridized carbons (Fsp3) is 0.300. The van der Waals surface area contributed by atoms with E-state index in [9.17, 15) is 12.8 Å². The molecule has 0 aromatic heterocycles. The summed E-state index contributed by atoms with van der Waals surface area (Å²) in [5.74, 6) is 0.0194. The van der Waals surface area contributed by atoms with Crippen LogP contribution in [-0.2, 0) is 10.0 Å². The maximum absolute atomic E-state index is 14.3. The fourth-order valence-corrected chi connectivity index (χ4v) is 4.11. The molecule has 0 radical (unpaired) electrons. The normalized spacial score (nSPS) is 14.6.